The maximum Gasteiger partial charge on any atom is 0.152 e. The Hall–Kier alpha value is -1.53. The third-order valence-corrected chi connectivity index (χ3v) is 4.27. The first-order valence-corrected chi connectivity index (χ1v) is 7.61. The molecule has 1 unspecified atom stereocenters. The maximum atomic E-state index is 10.5. The lowest BCUT2D eigenvalue weighted by Gasteiger charge is -2.24. The molecular weight excluding hydrogens is 323 g/mol. The highest BCUT2D eigenvalue weighted by molar-refractivity contribution is 6.42. The molecule has 0 aliphatic carbocycles. The molecule has 5 nitrogen and oxygen atoms in total. The Morgan fingerprint density at radius 1 is 1.32 bits per heavy atom. The average molecular weight is 339 g/mol. The van der Waals surface area contributed by atoms with E-state index in [1.54, 1.807) is 18.2 Å². The van der Waals surface area contributed by atoms with Gasteiger partial charge in [-0.3, -0.25) is 5.01 Å². The summed E-state index contributed by atoms with van der Waals surface area (Å²) in [5.74, 6) is 0.734. The molecule has 22 heavy (non-hydrogen) atoms. The standard InChI is InChI=1S/C15H16Cl2N4O/c1-8-5-9(2)21-14(19-8)11(7-18-21)15(22)20-10-3-4-12(16)13(17)6-10/h3-6,15,18,20,22H,7H2,1-2H3. The van der Waals surface area contributed by atoms with Crippen molar-refractivity contribution in [1.82, 2.24) is 10.4 Å². The summed E-state index contributed by atoms with van der Waals surface area (Å²) in [6.45, 7) is 4.45. The first-order chi connectivity index (χ1) is 10.5. The fraction of sp³-hybridized carbons (Fsp3) is 0.267. The summed E-state index contributed by atoms with van der Waals surface area (Å²) in [7, 11) is 0. The van der Waals surface area contributed by atoms with Crippen molar-refractivity contribution < 1.29 is 5.11 Å². The van der Waals surface area contributed by atoms with Crippen LogP contribution in [0.4, 0.5) is 5.69 Å². The van der Waals surface area contributed by atoms with E-state index in [4.69, 9.17) is 23.2 Å². The molecule has 2 heterocycles. The third kappa shape index (κ3) is 2.85. The second kappa shape index (κ2) is 5.93. The SMILES string of the molecule is CC1=CC(C)=NC2=C(C(O)Nc3ccc(Cl)c(Cl)c3)CNN12. The van der Waals surface area contributed by atoms with Crippen molar-refractivity contribution in [3.05, 3.63) is 51.4 Å². The van der Waals surface area contributed by atoms with Crippen LogP contribution in [0.5, 0.6) is 0 Å². The van der Waals surface area contributed by atoms with E-state index >= 15 is 0 Å². The number of nitrogens with zero attached hydrogens (tertiary/aromatic N) is 2. The van der Waals surface area contributed by atoms with E-state index in [0.29, 0.717) is 22.3 Å². The van der Waals surface area contributed by atoms with Crippen LogP contribution < -0.4 is 10.7 Å². The Kier molecular flexibility index (Phi) is 4.14. The highest BCUT2D eigenvalue weighted by atomic mass is 35.5. The van der Waals surface area contributed by atoms with Gasteiger partial charge < -0.3 is 10.4 Å². The molecule has 2 aliphatic heterocycles. The summed E-state index contributed by atoms with van der Waals surface area (Å²) >= 11 is 11.9. The number of benzene rings is 1. The van der Waals surface area contributed by atoms with E-state index in [-0.39, 0.29) is 0 Å². The van der Waals surface area contributed by atoms with Crippen molar-refractivity contribution in [1.29, 1.82) is 0 Å². The molecule has 1 atom stereocenters. The minimum absolute atomic E-state index is 0.438. The van der Waals surface area contributed by atoms with Gasteiger partial charge >= 0.3 is 0 Å². The Bertz CT molecular complexity index is 711. The summed E-state index contributed by atoms with van der Waals surface area (Å²) in [6, 6.07) is 5.13. The molecule has 1 aromatic rings. The Morgan fingerprint density at radius 3 is 2.82 bits per heavy atom. The summed E-state index contributed by atoms with van der Waals surface area (Å²) < 4.78 is 0. The molecule has 2 aliphatic rings. The molecule has 0 saturated carbocycles. The molecular formula is C15H16Cl2N4O. The largest absolute Gasteiger partial charge is 0.370 e. The van der Waals surface area contributed by atoms with Gasteiger partial charge in [0.15, 0.2) is 12.0 Å². The van der Waals surface area contributed by atoms with E-state index in [9.17, 15) is 5.11 Å². The topological polar surface area (TPSA) is 59.9 Å². The van der Waals surface area contributed by atoms with Crippen molar-refractivity contribution >= 4 is 34.6 Å². The quantitative estimate of drug-likeness (QED) is 0.741. The number of allylic oxidation sites excluding steroid dienone is 2. The van der Waals surface area contributed by atoms with Crippen molar-refractivity contribution in [3.8, 4) is 0 Å². The zero-order chi connectivity index (χ0) is 15.9. The molecule has 0 radical (unpaired) electrons. The van der Waals surface area contributed by atoms with E-state index in [1.165, 1.54) is 0 Å². The number of hydrogen-bond acceptors (Lipinski definition) is 5. The van der Waals surface area contributed by atoms with Crippen LogP contribution in [0.15, 0.2) is 46.4 Å². The second-order valence-corrected chi connectivity index (χ2v) is 6.05. The zero-order valence-electron chi connectivity index (χ0n) is 12.2. The van der Waals surface area contributed by atoms with Crippen LogP contribution in [-0.2, 0) is 0 Å². The number of fused-ring (bicyclic) bond motifs is 1. The predicted octanol–water partition coefficient (Wildman–Crippen LogP) is 3.13. The summed E-state index contributed by atoms with van der Waals surface area (Å²) in [5.41, 5.74) is 6.62. The van der Waals surface area contributed by atoms with E-state index in [1.807, 2.05) is 24.9 Å². The number of hydrogen-bond donors (Lipinski definition) is 3. The molecule has 0 saturated heterocycles. The molecule has 0 fully saturated rings. The Balaban J connectivity index is 1.85. The minimum Gasteiger partial charge on any atom is -0.370 e. The molecule has 116 valence electrons. The van der Waals surface area contributed by atoms with Gasteiger partial charge in [-0.2, -0.15) is 0 Å². The van der Waals surface area contributed by atoms with Gasteiger partial charge in [0.1, 0.15) is 0 Å². The van der Waals surface area contributed by atoms with Crippen LogP contribution in [0.2, 0.25) is 10.0 Å². The molecule has 0 aromatic heterocycles. The highest BCUT2D eigenvalue weighted by Crippen LogP contribution is 2.29. The van der Waals surface area contributed by atoms with E-state index in [0.717, 1.165) is 22.8 Å². The lowest BCUT2D eigenvalue weighted by atomic mass is 10.2. The number of anilines is 1. The van der Waals surface area contributed by atoms with Crippen LogP contribution in [0.3, 0.4) is 0 Å². The van der Waals surface area contributed by atoms with Gasteiger partial charge in [0.05, 0.1) is 10.0 Å². The smallest absolute Gasteiger partial charge is 0.152 e. The van der Waals surface area contributed by atoms with Crippen molar-refractivity contribution in [3.63, 3.8) is 0 Å². The molecule has 0 bridgehead atoms. The van der Waals surface area contributed by atoms with Crippen LogP contribution in [0.25, 0.3) is 0 Å². The fourth-order valence-electron chi connectivity index (χ4n) is 2.49. The predicted molar refractivity (Wildman–Crippen MR) is 89.8 cm³/mol. The molecule has 0 amide bonds. The van der Waals surface area contributed by atoms with E-state index in [2.05, 4.69) is 15.7 Å². The number of halogens is 2. The number of rotatable bonds is 3. The van der Waals surface area contributed by atoms with Gasteiger partial charge in [0, 0.05) is 29.2 Å². The van der Waals surface area contributed by atoms with Crippen molar-refractivity contribution in [2.24, 2.45) is 4.99 Å². The lowest BCUT2D eigenvalue weighted by molar-refractivity contribution is 0.237. The fourth-order valence-corrected chi connectivity index (χ4v) is 2.79. The van der Waals surface area contributed by atoms with E-state index < -0.39 is 6.23 Å². The van der Waals surface area contributed by atoms with Crippen molar-refractivity contribution in [2.75, 3.05) is 11.9 Å². The highest BCUT2D eigenvalue weighted by Gasteiger charge is 2.29. The molecule has 3 rings (SSSR count). The number of aliphatic imine (C=N–C) groups is 1. The zero-order valence-corrected chi connectivity index (χ0v) is 13.7. The van der Waals surface area contributed by atoms with Crippen LogP contribution in [-0.4, -0.2) is 28.6 Å². The number of hydrazine groups is 1. The van der Waals surface area contributed by atoms with Gasteiger partial charge in [-0.15, -0.1) is 0 Å². The second-order valence-electron chi connectivity index (χ2n) is 5.23. The first-order valence-electron chi connectivity index (χ1n) is 6.85. The summed E-state index contributed by atoms with van der Waals surface area (Å²) in [5, 5.41) is 16.3. The molecule has 0 spiro atoms. The number of aliphatic hydroxyl groups excluding tert-OH is 1. The van der Waals surface area contributed by atoms with Gasteiger partial charge in [0.2, 0.25) is 0 Å². The molecule has 3 N–H and O–H groups in total. The summed E-state index contributed by atoms with van der Waals surface area (Å²) in [6.07, 6.45) is 1.12. The number of aliphatic hydroxyl groups is 1. The Labute approximate surface area is 138 Å². The van der Waals surface area contributed by atoms with Crippen LogP contribution in [0.1, 0.15) is 13.8 Å². The van der Waals surface area contributed by atoms with Gasteiger partial charge in [-0.1, -0.05) is 23.2 Å². The first kappa shape index (κ1) is 15.4. The molecule has 7 heteroatoms. The van der Waals surface area contributed by atoms with Crippen LogP contribution in [0, 0.1) is 0 Å². The average Bonchev–Trinajstić information content (AvgIpc) is 2.87. The normalized spacial score (nSPS) is 18.9. The van der Waals surface area contributed by atoms with Crippen LogP contribution >= 0.6 is 23.2 Å². The van der Waals surface area contributed by atoms with Gasteiger partial charge in [0.25, 0.3) is 0 Å². The van der Waals surface area contributed by atoms with Gasteiger partial charge in [-0.05, 0) is 38.1 Å². The maximum absolute atomic E-state index is 10.5. The minimum atomic E-state index is -0.868. The third-order valence-electron chi connectivity index (χ3n) is 3.53. The van der Waals surface area contributed by atoms with Gasteiger partial charge in [-0.25, -0.2) is 10.4 Å². The monoisotopic (exact) mass is 338 g/mol. The Morgan fingerprint density at radius 2 is 2.09 bits per heavy atom. The number of nitrogens with one attached hydrogen (secondary N) is 2. The van der Waals surface area contributed by atoms with Crippen molar-refractivity contribution in [2.45, 2.75) is 20.1 Å². The molecule has 1 aromatic carbocycles. The summed E-state index contributed by atoms with van der Waals surface area (Å²) in [4.78, 5) is 4.51. The lowest BCUT2D eigenvalue weighted by Crippen LogP contribution is -2.31.